The average Bonchev–Trinajstić information content (AvgIpc) is 2.99. The van der Waals surface area contributed by atoms with E-state index in [1.54, 1.807) is 19.1 Å². The van der Waals surface area contributed by atoms with Gasteiger partial charge < -0.3 is 10.6 Å². The molecule has 2 aliphatic carbocycles. The molecule has 0 aromatic heterocycles. The maximum absolute atomic E-state index is 13.5. The number of halogens is 1. The van der Waals surface area contributed by atoms with Gasteiger partial charge in [-0.3, -0.25) is 9.59 Å². The predicted molar refractivity (Wildman–Crippen MR) is 89.9 cm³/mol. The lowest BCUT2D eigenvalue weighted by molar-refractivity contribution is -0.134. The van der Waals surface area contributed by atoms with Crippen LogP contribution >= 0.6 is 0 Å². The first-order valence-electron chi connectivity index (χ1n) is 8.89. The second-order valence-corrected chi connectivity index (χ2v) is 7.13. The largest absolute Gasteiger partial charge is 0.352 e. The number of benzene rings is 1. The Labute approximate surface area is 142 Å². The van der Waals surface area contributed by atoms with Crippen molar-refractivity contribution in [3.8, 4) is 0 Å². The highest BCUT2D eigenvalue weighted by Crippen LogP contribution is 2.44. The lowest BCUT2D eigenvalue weighted by atomic mass is 9.63. The zero-order valence-corrected chi connectivity index (χ0v) is 14.1. The van der Waals surface area contributed by atoms with Crippen molar-refractivity contribution in [3.05, 3.63) is 35.6 Å². The Morgan fingerprint density at radius 2 is 1.92 bits per heavy atom. The molecule has 1 aromatic carbocycles. The fraction of sp³-hybridized carbons (Fsp3) is 0.579. The van der Waals surface area contributed by atoms with Crippen LogP contribution in [0.3, 0.4) is 0 Å². The van der Waals surface area contributed by atoms with Crippen LogP contribution in [-0.2, 0) is 15.0 Å². The molecule has 5 heteroatoms. The van der Waals surface area contributed by atoms with E-state index in [9.17, 15) is 14.0 Å². The number of nitrogens with one attached hydrogen (secondary N) is 2. The van der Waals surface area contributed by atoms with Gasteiger partial charge >= 0.3 is 0 Å². The third kappa shape index (κ3) is 3.30. The highest BCUT2D eigenvalue weighted by Gasteiger charge is 2.46. The summed E-state index contributed by atoms with van der Waals surface area (Å²) in [5.74, 6) is -0.643. The van der Waals surface area contributed by atoms with Gasteiger partial charge in [0.2, 0.25) is 11.8 Å². The van der Waals surface area contributed by atoms with Gasteiger partial charge in [-0.05, 0) is 50.3 Å². The van der Waals surface area contributed by atoms with Crippen molar-refractivity contribution in [1.82, 2.24) is 10.6 Å². The number of rotatable bonds is 5. The Morgan fingerprint density at radius 3 is 2.50 bits per heavy atom. The molecule has 4 nitrogen and oxygen atoms in total. The molecule has 24 heavy (non-hydrogen) atoms. The summed E-state index contributed by atoms with van der Waals surface area (Å²) < 4.78 is 13.5. The molecule has 0 spiro atoms. The maximum Gasteiger partial charge on any atom is 0.242 e. The second-order valence-electron chi connectivity index (χ2n) is 7.13. The molecule has 0 radical (unpaired) electrons. The van der Waals surface area contributed by atoms with E-state index in [1.807, 2.05) is 0 Å². The Bertz CT molecular complexity index is 622. The van der Waals surface area contributed by atoms with E-state index in [1.165, 1.54) is 12.1 Å². The minimum Gasteiger partial charge on any atom is -0.352 e. The van der Waals surface area contributed by atoms with E-state index >= 15 is 0 Å². The number of carbonyl (C=O) groups excluding carboxylic acids is 2. The van der Waals surface area contributed by atoms with Crippen molar-refractivity contribution in [2.24, 2.45) is 0 Å². The van der Waals surface area contributed by atoms with E-state index in [-0.39, 0.29) is 23.7 Å². The van der Waals surface area contributed by atoms with Crippen molar-refractivity contribution < 1.29 is 14.0 Å². The smallest absolute Gasteiger partial charge is 0.242 e. The van der Waals surface area contributed by atoms with Crippen LogP contribution in [0.4, 0.5) is 4.39 Å². The summed E-state index contributed by atoms with van der Waals surface area (Å²) in [4.78, 5) is 25.1. The maximum atomic E-state index is 13.5. The summed E-state index contributed by atoms with van der Waals surface area (Å²) in [5.41, 5.74) is 0.0129. The summed E-state index contributed by atoms with van der Waals surface area (Å²) in [6, 6.07) is 5.90. The molecule has 0 heterocycles. The van der Waals surface area contributed by atoms with E-state index in [4.69, 9.17) is 0 Å². The molecule has 2 aliphatic rings. The monoisotopic (exact) mass is 332 g/mol. The zero-order chi connectivity index (χ0) is 17.2. The molecule has 2 fully saturated rings. The van der Waals surface area contributed by atoms with Crippen LogP contribution in [0.1, 0.15) is 57.4 Å². The number of hydrogen-bond acceptors (Lipinski definition) is 2. The molecule has 0 bridgehead atoms. The predicted octanol–water partition coefficient (Wildman–Crippen LogP) is 2.81. The van der Waals surface area contributed by atoms with E-state index in [2.05, 4.69) is 10.6 Å². The third-order valence-electron chi connectivity index (χ3n) is 5.46. The van der Waals surface area contributed by atoms with Gasteiger partial charge in [-0.15, -0.1) is 0 Å². The van der Waals surface area contributed by atoms with Crippen molar-refractivity contribution in [2.75, 3.05) is 0 Å². The van der Waals surface area contributed by atoms with Gasteiger partial charge in [-0.1, -0.05) is 31.4 Å². The highest BCUT2D eigenvalue weighted by molar-refractivity contribution is 5.93. The zero-order valence-electron chi connectivity index (χ0n) is 14.1. The molecule has 2 saturated carbocycles. The first-order chi connectivity index (χ1) is 11.5. The minimum atomic E-state index is -0.690. The van der Waals surface area contributed by atoms with Crippen LogP contribution in [-0.4, -0.2) is 23.9 Å². The fourth-order valence-electron chi connectivity index (χ4n) is 3.76. The molecule has 2 N–H and O–H groups in total. The van der Waals surface area contributed by atoms with Crippen molar-refractivity contribution >= 4 is 11.8 Å². The first kappa shape index (κ1) is 16.9. The highest BCUT2D eigenvalue weighted by atomic mass is 19.1. The molecule has 2 amide bonds. The molecular weight excluding hydrogens is 307 g/mol. The quantitative estimate of drug-likeness (QED) is 0.871. The SMILES string of the molecule is C[C@H](NC(=O)C1(c2cccc(F)c2)CCC1)C(=O)NC1CCCC1. The van der Waals surface area contributed by atoms with Gasteiger partial charge in [0.15, 0.2) is 0 Å². The van der Waals surface area contributed by atoms with E-state index < -0.39 is 11.5 Å². The lowest BCUT2D eigenvalue weighted by Crippen LogP contribution is -2.55. The number of hydrogen-bond donors (Lipinski definition) is 2. The van der Waals surface area contributed by atoms with Crippen molar-refractivity contribution in [3.63, 3.8) is 0 Å². The summed E-state index contributed by atoms with van der Waals surface area (Å²) in [5, 5.41) is 5.85. The molecule has 0 saturated heterocycles. The van der Waals surface area contributed by atoms with E-state index in [0.29, 0.717) is 18.4 Å². The Hall–Kier alpha value is -1.91. The standard InChI is InChI=1S/C19H25FN2O2/c1-13(17(23)22-16-8-2-3-9-16)21-18(24)19(10-5-11-19)14-6-4-7-15(20)12-14/h4,6-7,12-13,16H,2-3,5,8-11H2,1H3,(H,21,24)(H,22,23)/t13-/m0/s1. The fourth-order valence-corrected chi connectivity index (χ4v) is 3.76. The second kappa shape index (κ2) is 6.91. The minimum absolute atomic E-state index is 0.135. The topological polar surface area (TPSA) is 58.2 Å². The van der Waals surface area contributed by atoms with Crippen LogP contribution in [0.15, 0.2) is 24.3 Å². The molecule has 0 aliphatic heterocycles. The summed E-state index contributed by atoms with van der Waals surface area (Å²) >= 11 is 0. The molecule has 3 rings (SSSR count). The van der Waals surface area contributed by atoms with Crippen LogP contribution in [0.5, 0.6) is 0 Å². The van der Waals surface area contributed by atoms with Crippen LogP contribution < -0.4 is 10.6 Å². The Morgan fingerprint density at radius 1 is 1.21 bits per heavy atom. The van der Waals surface area contributed by atoms with E-state index in [0.717, 1.165) is 32.1 Å². The van der Waals surface area contributed by atoms with Crippen LogP contribution in [0.2, 0.25) is 0 Å². The van der Waals surface area contributed by atoms with Gasteiger partial charge in [0.1, 0.15) is 11.9 Å². The van der Waals surface area contributed by atoms with Gasteiger partial charge in [-0.25, -0.2) is 4.39 Å². The normalized spacial score (nSPS) is 20.9. The Balaban J connectivity index is 1.65. The van der Waals surface area contributed by atoms with Gasteiger partial charge in [-0.2, -0.15) is 0 Å². The molecule has 1 atom stereocenters. The average molecular weight is 332 g/mol. The molecule has 1 aromatic rings. The summed E-state index contributed by atoms with van der Waals surface area (Å²) in [6.07, 6.45) is 6.65. The number of carbonyl (C=O) groups is 2. The van der Waals surface area contributed by atoms with Crippen LogP contribution in [0, 0.1) is 5.82 Å². The Kier molecular flexibility index (Phi) is 4.88. The summed E-state index contributed by atoms with van der Waals surface area (Å²) in [7, 11) is 0. The van der Waals surface area contributed by atoms with Gasteiger partial charge in [0, 0.05) is 6.04 Å². The van der Waals surface area contributed by atoms with Crippen molar-refractivity contribution in [1.29, 1.82) is 0 Å². The van der Waals surface area contributed by atoms with Crippen molar-refractivity contribution in [2.45, 2.75) is 69.4 Å². The summed E-state index contributed by atoms with van der Waals surface area (Å²) in [6.45, 7) is 1.71. The molecule has 130 valence electrons. The number of amides is 2. The van der Waals surface area contributed by atoms with Gasteiger partial charge in [0.05, 0.1) is 5.41 Å². The first-order valence-corrected chi connectivity index (χ1v) is 8.89. The molecular formula is C19H25FN2O2. The third-order valence-corrected chi connectivity index (χ3v) is 5.46. The lowest BCUT2D eigenvalue weighted by Gasteiger charge is -2.41. The molecule has 0 unspecified atom stereocenters. The van der Waals surface area contributed by atoms with Gasteiger partial charge in [0.25, 0.3) is 0 Å². The van der Waals surface area contributed by atoms with Crippen LogP contribution in [0.25, 0.3) is 0 Å².